The quantitative estimate of drug-likeness (QED) is 0.786. The van der Waals surface area contributed by atoms with Gasteiger partial charge in [-0.25, -0.2) is 4.79 Å². The molecule has 130 valence electrons. The summed E-state index contributed by atoms with van der Waals surface area (Å²) in [5.41, 5.74) is 1.10. The summed E-state index contributed by atoms with van der Waals surface area (Å²) >= 11 is 0. The molecular weight excluding hydrogens is 322 g/mol. The van der Waals surface area contributed by atoms with E-state index in [2.05, 4.69) is 0 Å². The number of phenols is 1. The largest absolute Gasteiger partial charge is 0.507 e. The lowest BCUT2D eigenvalue weighted by atomic mass is 10.1. The van der Waals surface area contributed by atoms with Crippen LogP contribution in [0.1, 0.15) is 51.3 Å². The molecule has 2 aromatic carbocycles. The van der Waals surface area contributed by atoms with Crippen molar-refractivity contribution in [3.8, 4) is 5.75 Å². The third-order valence-corrected chi connectivity index (χ3v) is 3.74. The normalized spacial score (nSPS) is 10.3. The van der Waals surface area contributed by atoms with Gasteiger partial charge in [0.25, 0.3) is 5.91 Å². The molecule has 0 unspecified atom stereocenters. The Hall–Kier alpha value is -3.15. The van der Waals surface area contributed by atoms with Crippen molar-refractivity contribution < 1.29 is 24.6 Å². The maximum atomic E-state index is 12.8. The van der Waals surface area contributed by atoms with Crippen molar-refractivity contribution in [1.29, 1.82) is 0 Å². The number of nitrogens with zero attached hydrogens (tertiary/aromatic N) is 1. The second-order valence-corrected chi connectivity index (χ2v) is 5.60. The number of amides is 1. The number of carbonyl (C=O) groups excluding carboxylic acids is 2. The zero-order valence-corrected chi connectivity index (χ0v) is 14.0. The van der Waals surface area contributed by atoms with Gasteiger partial charge in [0.2, 0.25) is 0 Å². The minimum absolute atomic E-state index is 0.0991. The third kappa shape index (κ3) is 4.03. The molecule has 0 aromatic heterocycles. The van der Waals surface area contributed by atoms with Gasteiger partial charge in [0.15, 0.2) is 5.78 Å². The summed E-state index contributed by atoms with van der Waals surface area (Å²) in [4.78, 5) is 36.6. The predicted octanol–water partition coefficient (Wildman–Crippen LogP) is 3.35. The summed E-state index contributed by atoms with van der Waals surface area (Å²) in [6.45, 7) is 3.68. The topological polar surface area (TPSA) is 94.9 Å². The number of aromatic hydroxyl groups is 1. The van der Waals surface area contributed by atoms with Crippen LogP contribution in [-0.4, -0.2) is 34.4 Å². The van der Waals surface area contributed by atoms with Gasteiger partial charge in [-0.05, 0) is 49.7 Å². The molecule has 0 fully saturated rings. The molecular formula is C19H19NO5. The molecule has 2 aromatic rings. The standard InChI is InChI=1S/C19H19NO5/c1-3-10-20(15-8-9-16(12(2)21)17(22)11-15)18(23)13-4-6-14(7-5-13)19(24)25/h4-9,11,22H,3,10H2,1-2H3,(H,24,25). The SMILES string of the molecule is CCCN(C(=O)c1ccc(C(=O)O)cc1)c1ccc(C(C)=O)c(O)c1. The van der Waals surface area contributed by atoms with Gasteiger partial charge < -0.3 is 15.1 Å². The van der Waals surface area contributed by atoms with E-state index in [0.717, 1.165) is 0 Å². The summed E-state index contributed by atoms with van der Waals surface area (Å²) in [7, 11) is 0. The number of aromatic carboxylic acids is 1. The molecule has 0 aliphatic carbocycles. The lowest BCUT2D eigenvalue weighted by molar-refractivity contribution is 0.0696. The Bertz CT molecular complexity index is 811. The highest BCUT2D eigenvalue weighted by Crippen LogP contribution is 2.26. The molecule has 2 N–H and O–H groups in total. The minimum atomic E-state index is -1.06. The van der Waals surface area contributed by atoms with E-state index in [4.69, 9.17) is 5.11 Å². The first kappa shape index (κ1) is 18.2. The minimum Gasteiger partial charge on any atom is -0.507 e. The smallest absolute Gasteiger partial charge is 0.335 e. The van der Waals surface area contributed by atoms with E-state index in [1.165, 1.54) is 48.2 Å². The average molecular weight is 341 g/mol. The van der Waals surface area contributed by atoms with Gasteiger partial charge in [-0.15, -0.1) is 0 Å². The van der Waals surface area contributed by atoms with Crippen LogP contribution < -0.4 is 4.90 Å². The monoisotopic (exact) mass is 341 g/mol. The number of carbonyl (C=O) groups is 3. The molecule has 6 nitrogen and oxygen atoms in total. The van der Waals surface area contributed by atoms with E-state index in [9.17, 15) is 19.5 Å². The van der Waals surface area contributed by atoms with Gasteiger partial charge >= 0.3 is 5.97 Å². The van der Waals surface area contributed by atoms with Gasteiger partial charge in [0.05, 0.1) is 11.1 Å². The second-order valence-electron chi connectivity index (χ2n) is 5.60. The number of anilines is 1. The second kappa shape index (κ2) is 7.61. The molecule has 0 aliphatic rings. The number of benzene rings is 2. The number of ketones is 1. The molecule has 6 heteroatoms. The summed E-state index contributed by atoms with van der Waals surface area (Å²) in [5, 5.41) is 18.9. The van der Waals surface area contributed by atoms with Crippen LogP contribution in [0.5, 0.6) is 5.75 Å². The first-order valence-electron chi connectivity index (χ1n) is 7.84. The molecule has 0 saturated heterocycles. The maximum Gasteiger partial charge on any atom is 0.335 e. The summed E-state index contributed by atoms with van der Waals surface area (Å²) in [5.74, 6) is -1.82. The van der Waals surface area contributed by atoms with E-state index in [1.54, 1.807) is 6.07 Å². The zero-order chi connectivity index (χ0) is 18.6. The van der Waals surface area contributed by atoms with Crippen LogP contribution in [0.3, 0.4) is 0 Å². The Morgan fingerprint density at radius 3 is 2.08 bits per heavy atom. The molecule has 0 saturated carbocycles. The molecule has 0 heterocycles. The van der Waals surface area contributed by atoms with Crippen molar-refractivity contribution >= 4 is 23.3 Å². The first-order chi connectivity index (χ1) is 11.8. The molecule has 0 radical (unpaired) electrons. The zero-order valence-electron chi connectivity index (χ0n) is 14.0. The number of carboxylic acids is 1. The van der Waals surface area contributed by atoms with Crippen molar-refractivity contribution in [2.24, 2.45) is 0 Å². The highest BCUT2D eigenvalue weighted by Gasteiger charge is 2.19. The number of phenolic OH excluding ortho intramolecular Hbond substituents is 1. The number of rotatable bonds is 6. The van der Waals surface area contributed by atoms with Gasteiger partial charge in [0.1, 0.15) is 5.75 Å². The Labute approximate surface area is 145 Å². The fourth-order valence-corrected chi connectivity index (χ4v) is 2.47. The van der Waals surface area contributed by atoms with Crippen LogP contribution in [0.2, 0.25) is 0 Å². The highest BCUT2D eigenvalue weighted by atomic mass is 16.4. The van der Waals surface area contributed by atoms with Crippen molar-refractivity contribution in [3.05, 3.63) is 59.2 Å². The van der Waals surface area contributed by atoms with Gasteiger partial charge in [-0.3, -0.25) is 9.59 Å². The average Bonchev–Trinajstić information content (AvgIpc) is 2.58. The van der Waals surface area contributed by atoms with E-state index >= 15 is 0 Å². The van der Waals surface area contributed by atoms with Crippen LogP contribution in [0.15, 0.2) is 42.5 Å². The van der Waals surface area contributed by atoms with Crippen molar-refractivity contribution in [3.63, 3.8) is 0 Å². The Morgan fingerprint density at radius 1 is 1.00 bits per heavy atom. The molecule has 0 aliphatic heterocycles. The van der Waals surface area contributed by atoms with Gasteiger partial charge in [-0.1, -0.05) is 6.92 Å². The van der Waals surface area contributed by atoms with Gasteiger partial charge in [-0.2, -0.15) is 0 Å². The number of hydrogen-bond acceptors (Lipinski definition) is 4. The lowest BCUT2D eigenvalue weighted by Gasteiger charge is -2.23. The van der Waals surface area contributed by atoms with Crippen molar-refractivity contribution in [2.45, 2.75) is 20.3 Å². The third-order valence-electron chi connectivity index (χ3n) is 3.74. The Balaban J connectivity index is 2.36. The van der Waals surface area contributed by atoms with Crippen LogP contribution in [0.4, 0.5) is 5.69 Å². The number of hydrogen-bond donors (Lipinski definition) is 2. The Kier molecular flexibility index (Phi) is 5.54. The van der Waals surface area contributed by atoms with Crippen molar-refractivity contribution in [1.82, 2.24) is 0 Å². The predicted molar refractivity (Wildman–Crippen MR) is 93.5 cm³/mol. The fourth-order valence-electron chi connectivity index (χ4n) is 2.47. The van der Waals surface area contributed by atoms with Crippen LogP contribution >= 0.6 is 0 Å². The molecule has 2 rings (SSSR count). The van der Waals surface area contributed by atoms with E-state index in [0.29, 0.717) is 24.2 Å². The Morgan fingerprint density at radius 2 is 1.60 bits per heavy atom. The summed E-state index contributed by atoms with van der Waals surface area (Å²) in [6.07, 6.45) is 0.689. The van der Waals surface area contributed by atoms with Crippen LogP contribution in [-0.2, 0) is 0 Å². The molecule has 25 heavy (non-hydrogen) atoms. The number of Topliss-reactive ketones (excluding diaryl/α,β-unsaturated/α-hetero) is 1. The maximum absolute atomic E-state index is 12.8. The van der Waals surface area contributed by atoms with E-state index in [-0.39, 0.29) is 28.6 Å². The lowest BCUT2D eigenvalue weighted by Crippen LogP contribution is -2.31. The summed E-state index contributed by atoms with van der Waals surface area (Å²) < 4.78 is 0. The highest BCUT2D eigenvalue weighted by molar-refractivity contribution is 6.07. The van der Waals surface area contributed by atoms with E-state index in [1.807, 2.05) is 6.92 Å². The molecule has 1 amide bonds. The van der Waals surface area contributed by atoms with Crippen LogP contribution in [0, 0.1) is 0 Å². The fraction of sp³-hybridized carbons (Fsp3) is 0.211. The molecule has 0 spiro atoms. The van der Waals surface area contributed by atoms with Crippen LogP contribution in [0.25, 0.3) is 0 Å². The van der Waals surface area contributed by atoms with Crippen molar-refractivity contribution in [2.75, 3.05) is 11.4 Å². The number of carboxylic acid groups (broad SMARTS) is 1. The molecule has 0 atom stereocenters. The first-order valence-corrected chi connectivity index (χ1v) is 7.84. The van der Waals surface area contributed by atoms with E-state index < -0.39 is 5.97 Å². The van der Waals surface area contributed by atoms with Gasteiger partial charge in [0, 0.05) is 23.9 Å². The summed E-state index contributed by atoms with van der Waals surface area (Å²) in [6, 6.07) is 10.1. The molecule has 0 bridgehead atoms.